The summed E-state index contributed by atoms with van der Waals surface area (Å²) < 4.78 is 5.41. The normalized spacial score (nSPS) is 12.8. The Hall–Kier alpha value is -2.66. The third-order valence-electron chi connectivity index (χ3n) is 3.87. The Labute approximate surface area is 137 Å². The van der Waals surface area contributed by atoms with Gasteiger partial charge in [0.2, 0.25) is 5.91 Å². The number of thiazole rings is 1. The van der Waals surface area contributed by atoms with Gasteiger partial charge in [-0.25, -0.2) is 4.98 Å². The molecule has 1 N–H and O–H groups in total. The smallest absolute Gasteiger partial charge is 0.228 e. The number of carbonyl (C=O) groups is 1. The number of nitrogens with one attached hydrogen (secondary N) is 1. The SMILES string of the molecule is COc1ccccc1-c1nc(-c2ccc3c(c2)CC(=O)N3)cs1. The third-order valence-corrected chi connectivity index (χ3v) is 4.74. The van der Waals surface area contributed by atoms with Gasteiger partial charge in [-0.05, 0) is 29.8 Å². The fourth-order valence-electron chi connectivity index (χ4n) is 2.74. The number of ether oxygens (including phenoxy) is 1. The maximum Gasteiger partial charge on any atom is 0.228 e. The maximum absolute atomic E-state index is 11.5. The molecule has 3 aromatic rings. The number of rotatable bonds is 3. The van der Waals surface area contributed by atoms with E-state index >= 15 is 0 Å². The van der Waals surface area contributed by atoms with Crippen molar-refractivity contribution in [1.29, 1.82) is 0 Å². The zero-order valence-corrected chi connectivity index (χ0v) is 13.3. The highest BCUT2D eigenvalue weighted by Gasteiger charge is 2.18. The zero-order chi connectivity index (χ0) is 15.8. The molecule has 4 rings (SSSR count). The Balaban J connectivity index is 1.71. The number of aromatic nitrogens is 1. The first-order valence-electron chi connectivity index (χ1n) is 7.26. The molecule has 2 heterocycles. The van der Waals surface area contributed by atoms with Crippen LogP contribution < -0.4 is 10.1 Å². The average Bonchev–Trinajstić information content (AvgIpc) is 3.19. The summed E-state index contributed by atoms with van der Waals surface area (Å²) in [6.07, 6.45) is 0.437. The van der Waals surface area contributed by atoms with Crippen LogP contribution in [0.25, 0.3) is 21.8 Å². The summed E-state index contributed by atoms with van der Waals surface area (Å²) in [5.41, 5.74) is 4.86. The van der Waals surface area contributed by atoms with Crippen molar-refractivity contribution in [2.45, 2.75) is 6.42 Å². The summed E-state index contributed by atoms with van der Waals surface area (Å²) in [4.78, 5) is 16.2. The standard InChI is InChI=1S/C18H14N2O2S/c1-22-16-5-3-2-4-13(16)18-20-15(10-23-18)11-6-7-14-12(8-11)9-17(21)19-14/h2-8,10H,9H2,1H3,(H,19,21). The minimum atomic E-state index is 0.0464. The number of hydrogen-bond acceptors (Lipinski definition) is 4. The van der Waals surface area contributed by atoms with Gasteiger partial charge in [-0.15, -0.1) is 11.3 Å². The van der Waals surface area contributed by atoms with Crippen molar-refractivity contribution in [3.63, 3.8) is 0 Å². The second-order valence-electron chi connectivity index (χ2n) is 5.34. The fourth-order valence-corrected chi connectivity index (χ4v) is 3.60. The molecule has 0 bridgehead atoms. The Morgan fingerprint density at radius 1 is 1.22 bits per heavy atom. The molecule has 4 nitrogen and oxygen atoms in total. The van der Waals surface area contributed by atoms with E-state index in [0.717, 1.165) is 38.8 Å². The summed E-state index contributed by atoms with van der Waals surface area (Å²) in [5.74, 6) is 0.863. The number of fused-ring (bicyclic) bond motifs is 1. The van der Waals surface area contributed by atoms with Gasteiger partial charge in [-0.1, -0.05) is 18.2 Å². The van der Waals surface area contributed by atoms with Crippen LogP contribution in [0.3, 0.4) is 0 Å². The molecule has 0 unspecified atom stereocenters. The van der Waals surface area contributed by atoms with Crippen LogP contribution in [-0.2, 0) is 11.2 Å². The van der Waals surface area contributed by atoms with Crippen LogP contribution in [0.15, 0.2) is 47.8 Å². The molecule has 114 valence electrons. The molecule has 1 aromatic heterocycles. The lowest BCUT2D eigenvalue weighted by molar-refractivity contribution is -0.115. The van der Waals surface area contributed by atoms with Crippen LogP contribution in [0.5, 0.6) is 5.75 Å². The van der Waals surface area contributed by atoms with E-state index in [9.17, 15) is 4.79 Å². The van der Waals surface area contributed by atoms with Crippen molar-refractivity contribution in [3.05, 3.63) is 53.4 Å². The van der Waals surface area contributed by atoms with Crippen molar-refractivity contribution in [1.82, 2.24) is 4.98 Å². The van der Waals surface area contributed by atoms with Crippen molar-refractivity contribution in [2.24, 2.45) is 0 Å². The highest BCUT2D eigenvalue weighted by Crippen LogP contribution is 2.35. The molecule has 2 aromatic carbocycles. The summed E-state index contributed by atoms with van der Waals surface area (Å²) in [7, 11) is 1.66. The van der Waals surface area contributed by atoms with Gasteiger partial charge < -0.3 is 10.1 Å². The molecule has 1 aliphatic rings. The first-order chi connectivity index (χ1) is 11.2. The summed E-state index contributed by atoms with van der Waals surface area (Å²) >= 11 is 1.59. The van der Waals surface area contributed by atoms with Crippen LogP contribution in [0.4, 0.5) is 5.69 Å². The second kappa shape index (κ2) is 5.52. The number of nitrogens with zero attached hydrogens (tertiary/aromatic N) is 1. The molecular formula is C18H14N2O2S. The number of methoxy groups -OCH3 is 1. The Morgan fingerprint density at radius 3 is 2.96 bits per heavy atom. The van der Waals surface area contributed by atoms with Crippen LogP contribution in [0.1, 0.15) is 5.56 Å². The predicted molar refractivity (Wildman–Crippen MR) is 91.9 cm³/mol. The quantitative estimate of drug-likeness (QED) is 0.793. The van der Waals surface area contributed by atoms with E-state index in [2.05, 4.69) is 5.32 Å². The van der Waals surface area contributed by atoms with Crippen LogP contribution in [-0.4, -0.2) is 18.0 Å². The average molecular weight is 322 g/mol. The lowest BCUT2D eigenvalue weighted by Gasteiger charge is -2.05. The Morgan fingerprint density at radius 2 is 2.09 bits per heavy atom. The molecule has 0 spiro atoms. The van der Waals surface area contributed by atoms with Crippen molar-refractivity contribution >= 4 is 22.9 Å². The zero-order valence-electron chi connectivity index (χ0n) is 12.5. The number of anilines is 1. The van der Waals surface area contributed by atoms with E-state index in [1.807, 2.05) is 47.8 Å². The first-order valence-corrected chi connectivity index (χ1v) is 8.14. The van der Waals surface area contributed by atoms with E-state index in [1.165, 1.54) is 0 Å². The summed E-state index contributed by atoms with van der Waals surface area (Å²) in [6, 6.07) is 13.8. The van der Waals surface area contributed by atoms with E-state index in [-0.39, 0.29) is 5.91 Å². The molecule has 0 saturated heterocycles. The molecule has 0 saturated carbocycles. The van der Waals surface area contributed by atoms with E-state index in [0.29, 0.717) is 6.42 Å². The number of benzene rings is 2. The van der Waals surface area contributed by atoms with Gasteiger partial charge in [0.1, 0.15) is 10.8 Å². The van der Waals surface area contributed by atoms with Crippen molar-refractivity contribution in [2.75, 3.05) is 12.4 Å². The fraction of sp³-hybridized carbons (Fsp3) is 0.111. The monoisotopic (exact) mass is 322 g/mol. The number of hydrogen-bond donors (Lipinski definition) is 1. The third kappa shape index (κ3) is 2.49. The van der Waals surface area contributed by atoms with Crippen LogP contribution in [0.2, 0.25) is 0 Å². The Bertz CT molecular complexity index is 902. The predicted octanol–water partition coefficient (Wildman–Crippen LogP) is 3.98. The number of carbonyl (C=O) groups excluding carboxylic acids is 1. The molecule has 5 heteroatoms. The van der Waals surface area contributed by atoms with Gasteiger partial charge in [0.25, 0.3) is 0 Å². The highest BCUT2D eigenvalue weighted by atomic mass is 32.1. The first kappa shape index (κ1) is 14.0. The molecule has 1 aliphatic heterocycles. The summed E-state index contributed by atoms with van der Waals surface area (Å²) in [6.45, 7) is 0. The highest BCUT2D eigenvalue weighted by molar-refractivity contribution is 7.13. The molecule has 0 aliphatic carbocycles. The van der Waals surface area contributed by atoms with Gasteiger partial charge in [0.15, 0.2) is 0 Å². The van der Waals surface area contributed by atoms with Crippen LogP contribution in [0, 0.1) is 0 Å². The Kier molecular flexibility index (Phi) is 3.35. The number of amides is 1. The van der Waals surface area contributed by atoms with Gasteiger partial charge >= 0.3 is 0 Å². The van der Waals surface area contributed by atoms with Gasteiger partial charge in [0.05, 0.1) is 24.8 Å². The van der Waals surface area contributed by atoms with Gasteiger partial charge in [0, 0.05) is 16.6 Å². The maximum atomic E-state index is 11.5. The topological polar surface area (TPSA) is 51.2 Å². The van der Waals surface area contributed by atoms with Crippen LogP contribution >= 0.6 is 11.3 Å². The second-order valence-corrected chi connectivity index (χ2v) is 6.19. The molecule has 0 fully saturated rings. The van der Waals surface area contributed by atoms with Gasteiger partial charge in [-0.2, -0.15) is 0 Å². The largest absolute Gasteiger partial charge is 0.496 e. The molecule has 0 radical (unpaired) electrons. The lowest BCUT2D eigenvalue weighted by atomic mass is 10.1. The minimum absolute atomic E-state index is 0.0464. The molecule has 0 atom stereocenters. The van der Waals surface area contributed by atoms with E-state index in [1.54, 1.807) is 18.4 Å². The molecule has 1 amide bonds. The summed E-state index contributed by atoms with van der Waals surface area (Å²) in [5, 5.41) is 5.81. The van der Waals surface area contributed by atoms with Gasteiger partial charge in [-0.3, -0.25) is 4.79 Å². The van der Waals surface area contributed by atoms with E-state index in [4.69, 9.17) is 9.72 Å². The number of para-hydroxylation sites is 1. The lowest BCUT2D eigenvalue weighted by Crippen LogP contribution is -2.03. The van der Waals surface area contributed by atoms with E-state index < -0.39 is 0 Å². The molecule has 23 heavy (non-hydrogen) atoms. The van der Waals surface area contributed by atoms with Crippen molar-refractivity contribution < 1.29 is 9.53 Å². The van der Waals surface area contributed by atoms with Crippen molar-refractivity contribution in [3.8, 4) is 27.6 Å². The molecular weight excluding hydrogens is 308 g/mol. The minimum Gasteiger partial charge on any atom is -0.496 e.